The van der Waals surface area contributed by atoms with Gasteiger partial charge in [0.25, 0.3) is 0 Å². The van der Waals surface area contributed by atoms with Crippen molar-refractivity contribution in [2.45, 2.75) is 6.54 Å². The van der Waals surface area contributed by atoms with E-state index in [9.17, 15) is 9.18 Å². The van der Waals surface area contributed by atoms with Crippen LogP contribution < -0.4 is 20.1 Å². The van der Waals surface area contributed by atoms with Crippen LogP contribution in [0, 0.1) is 5.82 Å². The molecular formula is C23H22FN5O3. The van der Waals surface area contributed by atoms with Gasteiger partial charge in [-0.05, 0) is 48.5 Å². The average molecular weight is 435 g/mol. The molecule has 32 heavy (non-hydrogen) atoms. The highest BCUT2D eigenvalue weighted by atomic mass is 19.1. The molecule has 0 saturated carbocycles. The molecule has 0 aliphatic heterocycles. The van der Waals surface area contributed by atoms with E-state index in [1.807, 2.05) is 10.6 Å². The summed E-state index contributed by atoms with van der Waals surface area (Å²) < 4.78 is 25.8. The smallest absolute Gasteiger partial charge is 0.319 e. The molecule has 9 heteroatoms. The first-order valence-corrected chi connectivity index (χ1v) is 9.93. The predicted octanol–water partition coefficient (Wildman–Crippen LogP) is 4.08. The van der Waals surface area contributed by atoms with E-state index >= 15 is 0 Å². The second-order valence-corrected chi connectivity index (χ2v) is 6.89. The number of benzene rings is 2. The Morgan fingerprint density at radius 2 is 1.91 bits per heavy atom. The third kappa shape index (κ3) is 4.46. The molecule has 0 atom stereocenters. The van der Waals surface area contributed by atoms with Gasteiger partial charge in [-0.25, -0.2) is 19.2 Å². The Hall–Kier alpha value is -4.14. The van der Waals surface area contributed by atoms with Crippen molar-refractivity contribution < 1.29 is 18.7 Å². The summed E-state index contributed by atoms with van der Waals surface area (Å²) in [7, 11) is 3.08. The number of fused-ring (bicyclic) bond motifs is 1. The Morgan fingerprint density at radius 3 is 2.66 bits per heavy atom. The molecule has 2 aromatic carbocycles. The topological polar surface area (TPSA) is 90.3 Å². The van der Waals surface area contributed by atoms with E-state index < -0.39 is 6.03 Å². The summed E-state index contributed by atoms with van der Waals surface area (Å²) in [5.74, 6) is 1.45. The standard InChI is InChI=1S/C23H22FN5O3/c1-31-17-9-10-20(32-2)19(14-17)28-23(30)26-12-13-29-21(15-5-7-16(24)8-6-15)27-18-4-3-11-25-22(18)29/h3-11,14H,12-13H2,1-2H3,(H2,26,28,30). The van der Waals surface area contributed by atoms with Crippen LogP contribution in [0.4, 0.5) is 14.9 Å². The molecular weight excluding hydrogens is 413 g/mol. The van der Waals surface area contributed by atoms with Crippen molar-refractivity contribution in [3.63, 3.8) is 0 Å². The highest BCUT2D eigenvalue weighted by molar-refractivity contribution is 5.91. The Labute approximate surface area is 184 Å². The lowest BCUT2D eigenvalue weighted by molar-refractivity contribution is 0.251. The lowest BCUT2D eigenvalue weighted by atomic mass is 10.2. The second kappa shape index (κ2) is 9.34. The van der Waals surface area contributed by atoms with E-state index in [0.717, 1.165) is 11.1 Å². The van der Waals surface area contributed by atoms with Crippen LogP contribution in [0.1, 0.15) is 0 Å². The first kappa shape index (κ1) is 21.1. The van der Waals surface area contributed by atoms with Gasteiger partial charge in [0.2, 0.25) is 0 Å². The molecule has 8 nitrogen and oxygen atoms in total. The lowest BCUT2D eigenvalue weighted by Gasteiger charge is -2.13. The molecule has 0 saturated heterocycles. The zero-order valence-corrected chi connectivity index (χ0v) is 17.6. The number of pyridine rings is 1. The number of hydrogen-bond donors (Lipinski definition) is 2. The second-order valence-electron chi connectivity index (χ2n) is 6.89. The van der Waals surface area contributed by atoms with Crippen molar-refractivity contribution in [2.24, 2.45) is 0 Å². The van der Waals surface area contributed by atoms with Gasteiger partial charge in [0.15, 0.2) is 5.65 Å². The maximum absolute atomic E-state index is 13.4. The molecule has 0 radical (unpaired) electrons. The number of amides is 2. The van der Waals surface area contributed by atoms with E-state index in [1.165, 1.54) is 19.2 Å². The number of halogens is 1. The fraction of sp³-hybridized carbons (Fsp3) is 0.174. The summed E-state index contributed by atoms with van der Waals surface area (Å²) in [4.78, 5) is 21.5. The fourth-order valence-electron chi connectivity index (χ4n) is 3.35. The number of methoxy groups -OCH3 is 2. The minimum Gasteiger partial charge on any atom is -0.497 e. The first-order valence-electron chi connectivity index (χ1n) is 9.93. The van der Waals surface area contributed by atoms with Gasteiger partial charge in [-0.2, -0.15) is 0 Å². The van der Waals surface area contributed by atoms with E-state index in [1.54, 1.807) is 49.7 Å². The minimum absolute atomic E-state index is 0.314. The molecule has 0 spiro atoms. The third-order valence-corrected chi connectivity index (χ3v) is 4.88. The van der Waals surface area contributed by atoms with Crippen LogP contribution in [-0.4, -0.2) is 41.3 Å². The van der Waals surface area contributed by atoms with Crippen LogP contribution >= 0.6 is 0 Å². The Kier molecular flexibility index (Phi) is 6.16. The maximum atomic E-state index is 13.4. The van der Waals surface area contributed by atoms with Crippen LogP contribution in [0.5, 0.6) is 11.5 Å². The van der Waals surface area contributed by atoms with Crippen LogP contribution in [0.15, 0.2) is 60.8 Å². The number of carbonyl (C=O) groups excluding carboxylic acids is 1. The zero-order valence-electron chi connectivity index (χ0n) is 17.6. The molecule has 2 amide bonds. The van der Waals surface area contributed by atoms with E-state index in [0.29, 0.717) is 41.7 Å². The number of aromatic nitrogens is 3. The predicted molar refractivity (Wildman–Crippen MR) is 119 cm³/mol. The molecule has 4 aromatic rings. The average Bonchev–Trinajstić information content (AvgIpc) is 3.18. The monoisotopic (exact) mass is 435 g/mol. The van der Waals surface area contributed by atoms with E-state index in [4.69, 9.17) is 9.47 Å². The number of anilines is 1. The molecule has 4 rings (SSSR count). The largest absolute Gasteiger partial charge is 0.497 e. The minimum atomic E-state index is -0.391. The summed E-state index contributed by atoms with van der Waals surface area (Å²) in [5.41, 5.74) is 2.65. The Morgan fingerprint density at radius 1 is 1.09 bits per heavy atom. The lowest BCUT2D eigenvalue weighted by Crippen LogP contribution is -2.31. The van der Waals surface area contributed by atoms with Crippen molar-refractivity contribution in [1.29, 1.82) is 0 Å². The van der Waals surface area contributed by atoms with Crippen molar-refractivity contribution >= 4 is 22.9 Å². The summed E-state index contributed by atoms with van der Waals surface area (Å²) in [6.45, 7) is 0.733. The molecule has 0 aliphatic carbocycles. The zero-order chi connectivity index (χ0) is 22.5. The number of urea groups is 1. The number of carbonyl (C=O) groups is 1. The molecule has 164 valence electrons. The van der Waals surface area contributed by atoms with Gasteiger partial charge in [0.1, 0.15) is 28.7 Å². The van der Waals surface area contributed by atoms with Crippen LogP contribution in [0.3, 0.4) is 0 Å². The van der Waals surface area contributed by atoms with Crippen LogP contribution in [0.2, 0.25) is 0 Å². The van der Waals surface area contributed by atoms with E-state index in [2.05, 4.69) is 20.6 Å². The van der Waals surface area contributed by atoms with Crippen molar-refractivity contribution in [1.82, 2.24) is 19.9 Å². The number of nitrogens with one attached hydrogen (secondary N) is 2. The van der Waals surface area contributed by atoms with Gasteiger partial charge in [-0.15, -0.1) is 0 Å². The highest BCUT2D eigenvalue weighted by Crippen LogP contribution is 2.29. The normalized spacial score (nSPS) is 10.7. The molecule has 0 bridgehead atoms. The van der Waals surface area contributed by atoms with Gasteiger partial charge < -0.3 is 24.7 Å². The van der Waals surface area contributed by atoms with E-state index in [-0.39, 0.29) is 5.82 Å². The molecule has 0 unspecified atom stereocenters. The number of nitrogens with zero attached hydrogens (tertiary/aromatic N) is 3. The molecule has 2 aromatic heterocycles. The van der Waals surface area contributed by atoms with Crippen molar-refractivity contribution in [3.05, 3.63) is 66.6 Å². The Balaban J connectivity index is 1.49. The summed E-state index contributed by atoms with van der Waals surface area (Å²) >= 11 is 0. The summed E-state index contributed by atoms with van der Waals surface area (Å²) in [6, 6.07) is 14.5. The SMILES string of the molecule is COc1ccc(OC)c(NC(=O)NCCn2c(-c3ccc(F)cc3)nc3cccnc32)c1. The fourth-order valence-corrected chi connectivity index (χ4v) is 3.35. The maximum Gasteiger partial charge on any atom is 0.319 e. The molecule has 2 heterocycles. The number of imidazole rings is 1. The van der Waals surface area contributed by atoms with Crippen LogP contribution in [0.25, 0.3) is 22.6 Å². The first-order chi connectivity index (χ1) is 15.6. The summed E-state index contributed by atoms with van der Waals surface area (Å²) in [5, 5.41) is 5.60. The number of ether oxygens (including phenoxy) is 2. The van der Waals surface area contributed by atoms with Crippen molar-refractivity contribution in [2.75, 3.05) is 26.1 Å². The van der Waals surface area contributed by atoms with Gasteiger partial charge in [0.05, 0.1) is 19.9 Å². The molecule has 2 N–H and O–H groups in total. The molecule has 0 aliphatic rings. The molecule has 0 fully saturated rings. The number of rotatable bonds is 7. The highest BCUT2D eigenvalue weighted by Gasteiger charge is 2.14. The quantitative estimate of drug-likeness (QED) is 0.457. The van der Waals surface area contributed by atoms with Crippen LogP contribution in [-0.2, 0) is 6.54 Å². The Bertz CT molecular complexity index is 1240. The van der Waals surface area contributed by atoms with Gasteiger partial charge in [0, 0.05) is 30.9 Å². The summed E-state index contributed by atoms with van der Waals surface area (Å²) in [6.07, 6.45) is 1.68. The number of hydrogen-bond acceptors (Lipinski definition) is 5. The van der Waals surface area contributed by atoms with Gasteiger partial charge in [-0.1, -0.05) is 0 Å². The van der Waals surface area contributed by atoms with Crippen molar-refractivity contribution in [3.8, 4) is 22.9 Å². The third-order valence-electron chi connectivity index (χ3n) is 4.88. The van der Waals surface area contributed by atoms with Gasteiger partial charge in [-0.3, -0.25) is 0 Å². The van der Waals surface area contributed by atoms with Gasteiger partial charge >= 0.3 is 6.03 Å².